The van der Waals surface area contributed by atoms with E-state index in [0.717, 1.165) is 5.56 Å². The number of hydrogen-bond acceptors (Lipinski definition) is 4. The normalized spacial score (nSPS) is 11.6. The van der Waals surface area contributed by atoms with Gasteiger partial charge in [0.05, 0.1) is 24.1 Å². The van der Waals surface area contributed by atoms with Crippen molar-refractivity contribution in [3.63, 3.8) is 0 Å². The fourth-order valence-corrected chi connectivity index (χ4v) is 1.66. The number of carbonyl (C=O) groups is 1. The third-order valence-electron chi connectivity index (χ3n) is 2.97. The van der Waals surface area contributed by atoms with Crippen LogP contribution < -0.4 is 11.1 Å². The van der Waals surface area contributed by atoms with Crippen molar-refractivity contribution in [1.82, 2.24) is 9.97 Å². The van der Waals surface area contributed by atoms with Crippen molar-refractivity contribution in [1.29, 1.82) is 0 Å². The summed E-state index contributed by atoms with van der Waals surface area (Å²) in [6, 6.07) is 9.12. The SMILES string of the molecule is CC(C)[C@H](N)C(=O)Nc1cnc(-c2ccccc2)nc1.Cl. The molecule has 0 bridgehead atoms. The van der Waals surface area contributed by atoms with Crippen LogP contribution in [0.4, 0.5) is 5.69 Å². The minimum Gasteiger partial charge on any atom is -0.322 e. The number of aromatic nitrogens is 2. The van der Waals surface area contributed by atoms with Gasteiger partial charge in [-0.1, -0.05) is 44.2 Å². The highest BCUT2D eigenvalue weighted by Crippen LogP contribution is 2.15. The molecule has 21 heavy (non-hydrogen) atoms. The molecule has 0 unspecified atom stereocenters. The zero-order valence-corrected chi connectivity index (χ0v) is 12.8. The molecular formula is C15H19ClN4O. The third-order valence-corrected chi connectivity index (χ3v) is 2.97. The molecule has 1 aromatic carbocycles. The fourth-order valence-electron chi connectivity index (χ4n) is 1.66. The van der Waals surface area contributed by atoms with Crippen LogP contribution in [0.3, 0.4) is 0 Å². The lowest BCUT2D eigenvalue weighted by Gasteiger charge is -2.15. The van der Waals surface area contributed by atoms with Crippen LogP contribution in [0.1, 0.15) is 13.8 Å². The third kappa shape index (κ3) is 4.51. The van der Waals surface area contributed by atoms with Gasteiger partial charge < -0.3 is 11.1 Å². The average Bonchev–Trinajstić information content (AvgIpc) is 2.48. The maximum atomic E-state index is 11.8. The lowest BCUT2D eigenvalue weighted by molar-refractivity contribution is -0.118. The van der Waals surface area contributed by atoms with Gasteiger partial charge in [0, 0.05) is 5.56 Å². The van der Waals surface area contributed by atoms with Crippen molar-refractivity contribution in [3.8, 4) is 11.4 Å². The van der Waals surface area contributed by atoms with E-state index in [9.17, 15) is 4.79 Å². The lowest BCUT2D eigenvalue weighted by atomic mass is 10.1. The molecule has 0 saturated carbocycles. The number of carbonyl (C=O) groups excluding carboxylic acids is 1. The zero-order valence-electron chi connectivity index (χ0n) is 12.0. The molecule has 0 aliphatic rings. The number of rotatable bonds is 4. The molecular weight excluding hydrogens is 288 g/mol. The van der Waals surface area contributed by atoms with E-state index in [1.54, 1.807) is 12.4 Å². The largest absolute Gasteiger partial charge is 0.322 e. The van der Waals surface area contributed by atoms with Gasteiger partial charge in [-0.15, -0.1) is 12.4 Å². The maximum Gasteiger partial charge on any atom is 0.241 e. The van der Waals surface area contributed by atoms with Crippen LogP contribution in [-0.2, 0) is 4.79 Å². The molecule has 6 heteroatoms. The second-order valence-electron chi connectivity index (χ2n) is 4.92. The Hall–Kier alpha value is -1.98. The highest BCUT2D eigenvalue weighted by Gasteiger charge is 2.17. The molecule has 112 valence electrons. The number of nitrogens with one attached hydrogen (secondary N) is 1. The Morgan fingerprint density at radius 3 is 2.24 bits per heavy atom. The van der Waals surface area contributed by atoms with Gasteiger partial charge in [0.25, 0.3) is 0 Å². The molecule has 5 nitrogen and oxygen atoms in total. The number of amides is 1. The average molecular weight is 307 g/mol. The van der Waals surface area contributed by atoms with Gasteiger partial charge >= 0.3 is 0 Å². The van der Waals surface area contributed by atoms with Crippen molar-refractivity contribution < 1.29 is 4.79 Å². The van der Waals surface area contributed by atoms with E-state index in [2.05, 4.69) is 15.3 Å². The summed E-state index contributed by atoms with van der Waals surface area (Å²) < 4.78 is 0. The summed E-state index contributed by atoms with van der Waals surface area (Å²) in [6.45, 7) is 3.80. The standard InChI is InChI=1S/C15H18N4O.ClH/c1-10(2)13(16)15(20)19-12-8-17-14(18-9-12)11-6-4-3-5-7-11;/h3-10,13H,16H2,1-2H3,(H,19,20);1H/t13-;/m0./s1. The van der Waals surface area contributed by atoms with E-state index in [0.29, 0.717) is 11.5 Å². The van der Waals surface area contributed by atoms with Gasteiger partial charge in [0.2, 0.25) is 5.91 Å². The minimum atomic E-state index is -0.538. The molecule has 2 rings (SSSR count). The van der Waals surface area contributed by atoms with Crippen LogP contribution in [0.25, 0.3) is 11.4 Å². The zero-order chi connectivity index (χ0) is 14.5. The Morgan fingerprint density at radius 2 is 1.71 bits per heavy atom. The molecule has 1 heterocycles. The summed E-state index contributed by atoms with van der Waals surface area (Å²) in [5.41, 5.74) is 7.26. The molecule has 1 aromatic heterocycles. The van der Waals surface area contributed by atoms with E-state index in [4.69, 9.17) is 5.73 Å². The summed E-state index contributed by atoms with van der Waals surface area (Å²) in [6.07, 6.45) is 3.17. The highest BCUT2D eigenvalue weighted by molar-refractivity contribution is 5.94. The number of halogens is 1. The van der Waals surface area contributed by atoms with Crippen molar-refractivity contribution in [2.24, 2.45) is 11.7 Å². The van der Waals surface area contributed by atoms with E-state index in [1.807, 2.05) is 44.2 Å². The molecule has 0 radical (unpaired) electrons. The first kappa shape index (κ1) is 17.1. The van der Waals surface area contributed by atoms with Crippen molar-refractivity contribution in [2.75, 3.05) is 5.32 Å². The topological polar surface area (TPSA) is 80.9 Å². The maximum absolute atomic E-state index is 11.8. The molecule has 0 saturated heterocycles. The number of benzene rings is 1. The van der Waals surface area contributed by atoms with Crippen LogP contribution >= 0.6 is 12.4 Å². The first-order valence-electron chi connectivity index (χ1n) is 6.52. The number of anilines is 1. The molecule has 0 spiro atoms. The molecule has 1 amide bonds. The second kappa shape index (κ2) is 7.71. The molecule has 0 aliphatic heterocycles. The first-order valence-corrected chi connectivity index (χ1v) is 6.52. The Balaban J connectivity index is 0.00000220. The van der Waals surface area contributed by atoms with Crippen LogP contribution in [0, 0.1) is 5.92 Å². The molecule has 1 atom stereocenters. The van der Waals surface area contributed by atoms with Gasteiger partial charge in [0.1, 0.15) is 0 Å². The summed E-state index contributed by atoms with van der Waals surface area (Å²) in [5, 5.41) is 2.71. The van der Waals surface area contributed by atoms with Gasteiger partial charge in [-0.25, -0.2) is 9.97 Å². The summed E-state index contributed by atoms with van der Waals surface area (Å²) in [5.74, 6) is 0.479. The Bertz CT molecular complexity index is 572. The van der Waals surface area contributed by atoms with Crippen molar-refractivity contribution in [3.05, 3.63) is 42.7 Å². The predicted octanol–water partition coefficient (Wildman–Crippen LogP) is 2.49. The fraction of sp³-hybridized carbons (Fsp3) is 0.267. The molecule has 0 fully saturated rings. The highest BCUT2D eigenvalue weighted by atomic mass is 35.5. The van der Waals surface area contributed by atoms with Crippen LogP contribution in [0.2, 0.25) is 0 Å². The van der Waals surface area contributed by atoms with E-state index >= 15 is 0 Å². The molecule has 3 N–H and O–H groups in total. The summed E-state index contributed by atoms with van der Waals surface area (Å²) >= 11 is 0. The smallest absolute Gasteiger partial charge is 0.241 e. The Kier molecular flexibility index (Phi) is 6.27. The van der Waals surface area contributed by atoms with E-state index in [-0.39, 0.29) is 24.2 Å². The molecule has 2 aromatic rings. The summed E-state index contributed by atoms with van der Waals surface area (Å²) in [7, 11) is 0. The van der Waals surface area contributed by atoms with Crippen molar-refractivity contribution >= 4 is 24.0 Å². The quantitative estimate of drug-likeness (QED) is 0.909. The Labute approximate surface area is 130 Å². The minimum absolute atomic E-state index is 0. The number of nitrogens with zero attached hydrogens (tertiary/aromatic N) is 2. The first-order chi connectivity index (χ1) is 9.58. The van der Waals surface area contributed by atoms with Crippen molar-refractivity contribution in [2.45, 2.75) is 19.9 Å². The van der Waals surface area contributed by atoms with Gasteiger partial charge in [-0.05, 0) is 5.92 Å². The monoisotopic (exact) mass is 306 g/mol. The van der Waals surface area contributed by atoms with Gasteiger partial charge in [-0.3, -0.25) is 4.79 Å². The van der Waals surface area contributed by atoms with Crippen LogP contribution in [-0.4, -0.2) is 21.9 Å². The van der Waals surface area contributed by atoms with Crippen LogP contribution in [0.15, 0.2) is 42.7 Å². The van der Waals surface area contributed by atoms with Gasteiger partial charge in [0.15, 0.2) is 5.82 Å². The summed E-state index contributed by atoms with van der Waals surface area (Å²) in [4.78, 5) is 20.3. The van der Waals surface area contributed by atoms with E-state index < -0.39 is 6.04 Å². The second-order valence-corrected chi connectivity index (χ2v) is 4.92. The predicted molar refractivity (Wildman–Crippen MR) is 86.2 cm³/mol. The van der Waals surface area contributed by atoms with E-state index in [1.165, 1.54) is 0 Å². The van der Waals surface area contributed by atoms with Gasteiger partial charge in [-0.2, -0.15) is 0 Å². The number of nitrogens with two attached hydrogens (primary N) is 1. The lowest BCUT2D eigenvalue weighted by Crippen LogP contribution is -2.39. The molecule has 0 aliphatic carbocycles. The van der Waals surface area contributed by atoms with Crippen LogP contribution in [0.5, 0.6) is 0 Å². The Morgan fingerprint density at radius 1 is 1.14 bits per heavy atom. The number of hydrogen-bond donors (Lipinski definition) is 2.